The van der Waals surface area contributed by atoms with Gasteiger partial charge in [0.1, 0.15) is 24.2 Å². The molecule has 8 nitrogen and oxygen atoms in total. The van der Waals surface area contributed by atoms with E-state index in [4.69, 9.17) is 21.6 Å². The lowest BCUT2D eigenvalue weighted by Crippen LogP contribution is -2.34. The van der Waals surface area contributed by atoms with E-state index in [-0.39, 0.29) is 44.7 Å². The highest BCUT2D eigenvalue weighted by atomic mass is 35.5. The molecule has 0 aliphatic heterocycles. The molecule has 0 saturated heterocycles. The van der Waals surface area contributed by atoms with E-state index in [9.17, 15) is 13.2 Å². The lowest BCUT2D eigenvalue weighted by atomic mass is 9.87. The molecule has 0 saturated carbocycles. The van der Waals surface area contributed by atoms with E-state index in [0.717, 1.165) is 9.87 Å². The zero-order valence-corrected chi connectivity index (χ0v) is 20.7. The smallest absolute Gasteiger partial charge is 0.266 e. The second kappa shape index (κ2) is 9.89. The van der Waals surface area contributed by atoms with Gasteiger partial charge in [0, 0.05) is 25.1 Å². The van der Waals surface area contributed by atoms with Crippen LogP contribution >= 0.6 is 11.6 Å². The Kier molecular flexibility index (Phi) is 7.36. The van der Waals surface area contributed by atoms with E-state index in [0.29, 0.717) is 0 Å². The Morgan fingerprint density at radius 2 is 1.79 bits per heavy atom. The summed E-state index contributed by atoms with van der Waals surface area (Å²) in [7, 11) is -2.80. The number of hydrogen-bond donors (Lipinski definition) is 0. The van der Waals surface area contributed by atoms with Crippen LogP contribution in [0.1, 0.15) is 48.1 Å². The zero-order chi connectivity index (χ0) is 25.1. The van der Waals surface area contributed by atoms with Crippen molar-refractivity contribution in [3.63, 3.8) is 0 Å². The summed E-state index contributed by atoms with van der Waals surface area (Å²) in [4.78, 5) is 21.3. The maximum atomic E-state index is 13.6. The molecule has 3 aromatic rings. The highest BCUT2D eigenvalue weighted by Crippen LogP contribution is 2.31. The van der Waals surface area contributed by atoms with Crippen LogP contribution in [0.5, 0.6) is 0 Å². The van der Waals surface area contributed by atoms with Crippen molar-refractivity contribution in [1.29, 1.82) is 5.26 Å². The van der Waals surface area contributed by atoms with E-state index in [2.05, 4.69) is 9.97 Å². The molecule has 0 aliphatic rings. The number of benzene rings is 1. The Bertz CT molecular complexity index is 1340. The number of nitrogens with zero attached hydrogens (tertiary/aromatic N) is 4. The molecule has 0 atom stereocenters. The summed E-state index contributed by atoms with van der Waals surface area (Å²) in [6.07, 6.45) is 2.49. The van der Waals surface area contributed by atoms with Gasteiger partial charge in [0.25, 0.3) is 10.0 Å². The molecule has 0 aliphatic carbocycles. The van der Waals surface area contributed by atoms with Gasteiger partial charge in [0.2, 0.25) is 5.78 Å². The van der Waals surface area contributed by atoms with Gasteiger partial charge in [-0.15, -0.1) is 0 Å². The number of sulfonamides is 1. The molecule has 0 bridgehead atoms. The monoisotopic (exact) mass is 498 g/mol. The molecule has 34 heavy (non-hydrogen) atoms. The number of methoxy groups -OCH3 is 1. The van der Waals surface area contributed by atoms with Crippen LogP contribution in [0, 0.1) is 11.3 Å². The van der Waals surface area contributed by atoms with E-state index in [1.165, 1.54) is 49.8 Å². The number of aromatic nitrogens is 2. The van der Waals surface area contributed by atoms with Crippen molar-refractivity contribution in [3.8, 4) is 6.07 Å². The third kappa shape index (κ3) is 5.25. The summed E-state index contributed by atoms with van der Waals surface area (Å²) >= 11 is 6.13. The topological polar surface area (TPSA) is 113 Å². The molecule has 176 valence electrons. The fraction of sp³-hybridized carbons (Fsp3) is 0.250. The van der Waals surface area contributed by atoms with Crippen LogP contribution in [0.3, 0.4) is 0 Å². The largest absolute Gasteiger partial charge is 0.363 e. The molecule has 0 amide bonds. The maximum absolute atomic E-state index is 13.6. The van der Waals surface area contributed by atoms with E-state index in [1.807, 2.05) is 26.8 Å². The van der Waals surface area contributed by atoms with Crippen LogP contribution in [0.25, 0.3) is 0 Å². The summed E-state index contributed by atoms with van der Waals surface area (Å²) in [5, 5.41) is 9.08. The Morgan fingerprint density at radius 1 is 1.12 bits per heavy atom. The molecular weight excluding hydrogens is 476 g/mol. The summed E-state index contributed by atoms with van der Waals surface area (Å²) in [5.41, 5.74) is 0.910. The summed E-state index contributed by atoms with van der Waals surface area (Å²) in [6, 6.07) is 12.6. The molecule has 0 radical (unpaired) electrons. The van der Waals surface area contributed by atoms with Crippen LogP contribution in [0.15, 0.2) is 59.8 Å². The first-order valence-corrected chi connectivity index (χ1v) is 12.0. The molecule has 2 aromatic heterocycles. The Hall–Kier alpha value is -3.32. The van der Waals surface area contributed by atoms with Crippen LogP contribution in [0.4, 0.5) is 5.69 Å². The number of rotatable bonds is 7. The molecule has 0 unspecified atom stereocenters. The van der Waals surface area contributed by atoms with Crippen LogP contribution in [-0.4, -0.2) is 38.0 Å². The fourth-order valence-corrected chi connectivity index (χ4v) is 4.69. The van der Waals surface area contributed by atoms with Gasteiger partial charge in [0.15, 0.2) is 0 Å². The quantitative estimate of drug-likeness (QED) is 0.352. The van der Waals surface area contributed by atoms with Gasteiger partial charge < -0.3 is 4.74 Å². The predicted molar refractivity (Wildman–Crippen MR) is 128 cm³/mol. The molecule has 0 spiro atoms. The first-order chi connectivity index (χ1) is 16.0. The molecule has 0 fully saturated rings. The maximum Gasteiger partial charge on any atom is 0.266 e. The highest BCUT2D eigenvalue weighted by Gasteiger charge is 2.30. The van der Waals surface area contributed by atoms with Crippen molar-refractivity contribution in [1.82, 2.24) is 9.97 Å². The molecular formula is C24H23ClN4O4S. The fourth-order valence-electron chi connectivity index (χ4n) is 3.16. The molecule has 2 heterocycles. The van der Waals surface area contributed by atoms with Gasteiger partial charge in [-0.05, 0) is 41.3 Å². The molecule has 0 N–H and O–H groups in total. The minimum Gasteiger partial charge on any atom is -0.363 e. The van der Waals surface area contributed by atoms with Crippen LogP contribution in [0.2, 0.25) is 5.02 Å². The standard InChI is InChI=1S/C24H23ClN4O4S/c1-24(2,3)17-6-9-20(10-7-17)34(31,32)29(15-33-4)21-11-18(25)14-28-22(21)23(30)16-5-8-19(12-26)27-13-16/h5-11,13-14H,15H2,1-4H3. The number of ether oxygens (including phenoxy) is 1. The SMILES string of the molecule is COCN(c1cc(Cl)cnc1C(=O)c1ccc(C#N)nc1)S(=O)(=O)c1ccc(C(C)(C)C)cc1. The van der Waals surface area contributed by atoms with Crippen molar-refractivity contribution in [3.05, 3.63) is 82.4 Å². The second-order valence-corrected chi connectivity index (χ2v) is 10.7. The van der Waals surface area contributed by atoms with Crippen molar-refractivity contribution in [2.45, 2.75) is 31.1 Å². The van der Waals surface area contributed by atoms with Gasteiger partial charge in [0.05, 0.1) is 15.6 Å². The van der Waals surface area contributed by atoms with Crippen molar-refractivity contribution >= 4 is 33.1 Å². The third-order valence-electron chi connectivity index (χ3n) is 5.01. The first-order valence-electron chi connectivity index (χ1n) is 10.2. The van der Waals surface area contributed by atoms with Crippen molar-refractivity contribution in [2.24, 2.45) is 0 Å². The first kappa shape index (κ1) is 25.3. The minimum absolute atomic E-state index is 0.0240. The number of halogens is 1. The normalized spacial score (nSPS) is 11.6. The number of pyridine rings is 2. The van der Waals surface area contributed by atoms with Crippen molar-refractivity contribution < 1.29 is 17.9 Å². The minimum atomic E-state index is -4.15. The number of carbonyl (C=O) groups is 1. The summed E-state index contributed by atoms with van der Waals surface area (Å²) in [5.74, 6) is -0.581. The van der Waals surface area contributed by atoms with Gasteiger partial charge in [-0.1, -0.05) is 44.5 Å². The Labute approximate surface area is 203 Å². The van der Waals surface area contributed by atoms with E-state index < -0.39 is 15.8 Å². The van der Waals surface area contributed by atoms with Gasteiger partial charge in [-0.25, -0.2) is 22.7 Å². The lowest BCUT2D eigenvalue weighted by Gasteiger charge is -2.26. The number of ketones is 1. The van der Waals surface area contributed by atoms with Gasteiger partial charge in [-0.2, -0.15) is 5.26 Å². The molecule has 10 heteroatoms. The Morgan fingerprint density at radius 3 is 2.32 bits per heavy atom. The predicted octanol–water partition coefficient (Wildman–Crippen LogP) is 4.33. The zero-order valence-electron chi connectivity index (χ0n) is 19.1. The average molecular weight is 499 g/mol. The van der Waals surface area contributed by atoms with Crippen LogP contribution < -0.4 is 4.31 Å². The van der Waals surface area contributed by atoms with E-state index >= 15 is 0 Å². The average Bonchev–Trinajstić information content (AvgIpc) is 2.81. The number of nitriles is 1. The summed E-state index contributed by atoms with van der Waals surface area (Å²) in [6.45, 7) is 5.71. The van der Waals surface area contributed by atoms with Crippen LogP contribution in [-0.2, 0) is 20.2 Å². The summed E-state index contributed by atoms with van der Waals surface area (Å²) < 4.78 is 33.3. The molecule has 1 aromatic carbocycles. The molecule has 3 rings (SSSR count). The van der Waals surface area contributed by atoms with E-state index in [1.54, 1.807) is 12.1 Å². The second-order valence-electron chi connectivity index (χ2n) is 8.44. The number of carbonyl (C=O) groups excluding carboxylic acids is 1. The van der Waals surface area contributed by atoms with Crippen molar-refractivity contribution in [2.75, 3.05) is 18.1 Å². The van der Waals surface area contributed by atoms with Gasteiger partial charge >= 0.3 is 0 Å². The lowest BCUT2D eigenvalue weighted by molar-refractivity contribution is 0.103. The third-order valence-corrected chi connectivity index (χ3v) is 6.97. The number of hydrogen-bond acceptors (Lipinski definition) is 7. The highest BCUT2D eigenvalue weighted by molar-refractivity contribution is 7.92. The number of anilines is 1. The Balaban J connectivity index is 2.11. The van der Waals surface area contributed by atoms with Gasteiger partial charge in [-0.3, -0.25) is 4.79 Å².